The Hall–Kier alpha value is -1.44. The predicted octanol–water partition coefficient (Wildman–Crippen LogP) is 2.08. The average molecular weight is 313 g/mol. The van der Waals surface area contributed by atoms with Gasteiger partial charge in [-0.1, -0.05) is 11.6 Å². The molecule has 0 N–H and O–H groups in total. The summed E-state index contributed by atoms with van der Waals surface area (Å²) in [6.45, 7) is 0. The maximum atomic E-state index is 12.1. The van der Waals surface area contributed by atoms with Crippen LogP contribution in [0, 0.1) is 0 Å². The highest BCUT2D eigenvalue weighted by atomic mass is 35.5. The van der Waals surface area contributed by atoms with E-state index in [1.807, 2.05) is 16.0 Å². The van der Waals surface area contributed by atoms with Crippen molar-refractivity contribution in [3.05, 3.63) is 28.1 Å². The zero-order valence-corrected chi connectivity index (χ0v) is 12.5. The number of halogens is 1. The summed E-state index contributed by atoms with van der Waals surface area (Å²) in [6.07, 6.45) is 3.58. The molecule has 3 heterocycles. The molecule has 0 unspecified atom stereocenters. The van der Waals surface area contributed by atoms with E-state index in [9.17, 15) is 4.79 Å². The quantitative estimate of drug-likeness (QED) is 0.597. The molecule has 0 saturated carbocycles. The molecular formula is C11H9ClN4OS2. The molecule has 98 valence electrons. The van der Waals surface area contributed by atoms with Crippen molar-refractivity contribution in [2.45, 2.75) is 0 Å². The summed E-state index contributed by atoms with van der Waals surface area (Å²) in [6, 6.07) is 0. The van der Waals surface area contributed by atoms with Crippen LogP contribution in [0.4, 0.5) is 0 Å². The van der Waals surface area contributed by atoms with Gasteiger partial charge in [-0.15, -0.1) is 11.3 Å². The molecule has 0 aliphatic carbocycles. The summed E-state index contributed by atoms with van der Waals surface area (Å²) in [5.74, 6) is -0.145. The van der Waals surface area contributed by atoms with Gasteiger partial charge in [-0.25, -0.2) is 4.98 Å². The molecule has 1 amide bonds. The Morgan fingerprint density at radius 1 is 1.42 bits per heavy atom. The molecular weight excluding hydrogens is 304 g/mol. The first-order chi connectivity index (χ1) is 9.00. The Kier molecular flexibility index (Phi) is 2.84. The summed E-state index contributed by atoms with van der Waals surface area (Å²) in [7, 11) is 3.41. The van der Waals surface area contributed by atoms with Gasteiger partial charge in [0.1, 0.15) is 5.70 Å². The zero-order chi connectivity index (χ0) is 13.7. The molecule has 0 spiro atoms. The number of amides is 1. The highest BCUT2D eigenvalue weighted by Gasteiger charge is 2.33. The fourth-order valence-corrected chi connectivity index (χ4v) is 3.10. The summed E-state index contributed by atoms with van der Waals surface area (Å²) < 4.78 is 1.85. The number of imidazole rings is 1. The van der Waals surface area contributed by atoms with Gasteiger partial charge >= 0.3 is 0 Å². The first-order valence-corrected chi connectivity index (χ1v) is 7.06. The van der Waals surface area contributed by atoms with Crippen molar-refractivity contribution in [3.63, 3.8) is 0 Å². The van der Waals surface area contributed by atoms with Gasteiger partial charge in [-0.3, -0.25) is 14.1 Å². The Labute approximate surface area is 123 Å². The van der Waals surface area contributed by atoms with Gasteiger partial charge in [0.25, 0.3) is 5.91 Å². The zero-order valence-electron chi connectivity index (χ0n) is 10.1. The number of likely N-dealkylation sites (N-methyl/N-ethyl adjacent to an activating group) is 2. The number of nitrogens with zero attached hydrogens (tertiary/aromatic N) is 4. The monoisotopic (exact) mass is 312 g/mol. The summed E-state index contributed by atoms with van der Waals surface area (Å²) in [5.41, 5.74) is 1.17. The molecule has 2 aromatic rings. The van der Waals surface area contributed by atoms with Crippen LogP contribution >= 0.6 is 35.2 Å². The van der Waals surface area contributed by atoms with Crippen molar-refractivity contribution in [2.75, 3.05) is 14.1 Å². The number of aromatic nitrogens is 2. The maximum Gasteiger partial charge on any atom is 0.276 e. The van der Waals surface area contributed by atoms with Crippen LogP contribution in [0.5, 0.6) is 0 Å². The third-order valence-electron chi connectivity index (χ3n) is 2.99. The average Bonchev–Trinajstić information content (AvgIpc) is 2.98. The second kappa shape index (κ2) is 4.29. The second-order valence-electron chi connectivity index (χ2n) is 4.08. The maximum absolute atomic E-state index is 12.1. The highest BCUT2D eigenvalue weighted by molar-refractivity contribution is 7.80. The molecule has 0 atom stereocenters. The van der Waals surface area contributed by atoms with Gasteiger partial charge in [0.2, 0.25) is 0 Å². The van der Waals surface area contributed by atoms with E-state index in [1.165, 1.54) is 16.2 Å². The van der Waals surface area contributed by atoms with Crippen LogP contribution in [0.2, 0.25) is 5.15 Å². The largest absolute Gasteiger partial charge is 0.317 e. The number of thiocarbonyl (C=S) groups is 1. The fraction of sp³-hybridized carbons (Fsp3) is 0.182. The topological polar surface area (TPSA) is 40.9 Å². The van der Waals surface area contributed by atoms with Crippen LogP contribution in [0.15, 0.2) is 17.3 Å². The van der Waals surface area contributed by atoms with E-state index in [0.717, 1.165) is 4.96 Å². The second-order valence-corrected chi connectivity index (χ2v) is 5.67. The standard InChI is InChI=1S/C11H9ClN4OS2/c1-14-7(9(17)15(2)11(14)18)5-6-8(12)13-10-16(6)3-4-19-10/h3-5H,1-2H3/b7-5+. The number of fused-ring (bicyclic) bond motifs is 1. The van der Waals surface area contributed by atoms with E-state index in [-0.39, 0.29) is 5.91 Å². The summed E-state index contributed by atoms with van der Waals surface area (Å²) in [5, 5.41) is 2.76. The van der Waals surface area contributed by atoms with Crippen LogP contribution < -0.4 is 0 Å². The van der Waals surface area contributed by atoms with E-state index in [2.05, 4.69) is 4.98 Å². The Bertz CT molecular complexity index is 732. The summed E-state index contributed by atoms with van der Waals surface area (Å²) >= 11 is 12.8. The molecule has 8 heteroatoms. The van der Waals surface area contributed by atoms with Crippen LogP contribution in [-0.4, -0.2) is 44.3 Å². The van der Waals surface area contributed by atoms with Gasteiger partial charge < -0.3 is 4.90 Å². The number of thiazole rings is 1. The minimum absolute atomic E-state index is 0.145. The predicted molar refractivity (Wildman–Crippen MR) is 79.2 cm³/mol. The molecule has 19 heavy (non-hydrogen) atoms. The molecule has 1 fully saturated rings. The lowest BCUT2D eigenvalue weighted by Gasteiger charge is -2.10. The molecule has 3 rings (SSSR count). The van der Waals surface area contributed by atoms with E-state index < -0.39 is 0 Å². The molecule has 1 aliphatic heterocycles. The summed E-state index contributed by atoms with van der Waals surface area (Å²) in [4.78, 5) is 20.2. The molecule has 0 radical (unpaired) electrons. The lowest BCUT2D eigenvalue weighted by Crippen LogP contribution is -2.26. The lowest BCUT2D eigenvalue weighted by molar-refractivity contribution is -0.121. The van der Waals surface area contributed by atoms with Gasteiger partial charge in [0.05, 0.1) is 5.69 Å². The van der Waals surface area contributed by atoms with Gasteiger partial charge in [0.15, 0.2) is 15.2 Å². The van der Waals surface area contributed by atoms with Crippen molar-refractivity contribution in [2.24, 2.45) is 0 Å². The SMILES string of the molecule is CN1C(=O)/C(=C\c2c(Cl)nc3sccn23)N(C)C1=S. The number of hydrogen-bond acceptors (Lipinski definition) is 4. The highest BCUT2D eigenvalue weighted by Crippen LogP contribution is 2.26. The van der Waals surface area contributed by atoms with E-state index in [0.29, 0.717) is 21.7 Å². The van der Waals surface area contributed by atoms with E-state index in [4.69, 9.17) is 23.8 Å². The van der Waals surface area contributed by atoms with Crippen molar-refractivity contribution < 1.29 is 4.79 Å². The van der Waals surface area contributed by atoms with Crippen LogP contribution in [-0.2, 0) is 4.79 Å². The molecule has 0 bridgehead atoms. The fourth-order valence-electron chi connectivity index (χ4n) is 1.92. The van der Waals surface area contributed by atoms with Crippen LogP contribution in [0.3, 0.4) is 0 Å². The molecule has 1 aliphatic rings. The molecule has 0 aromatic carbocycles. The minimum Gasteiger partial charge on any atom is -0.317 e. The lowest BCUT2D eigenvalue weighted by atomic mass is 10.3. The van der Waals surface area contributed by atoms with E-state index >= 15 is 0 Å². The Balaban J connectivity index is 2.16. The smallest absolute Gasteiger partial charge is 0.276 e. The van der Waals surface area contributed by atoms with Gasteiger partial charge in [-0.2, -0.15) is 0 Å². The normalized spacial score (nSPS) is 18.4. The number of carbonyl (C=O) groups excluding carboxylic acids is 1. The third kappa shape index (κ3) is 1.77. The molecule has 5 nitrogen and oxygen atoms in total. The third-order valence-corrected chi connectivity index (χ3v) is 4.57. The molecule has 2 aromatic heterocycles. The first kappa shape index (κ1) is 12.6. The van der Waals surface area contributed by atoms with Gasteiger partial charge in [-0.05, 0) is 18.3 Å². The number of rotatable bonds is 1. The van der Waals surface area contributed by atoms with Crippen molar-refractivity contribution in [1.82, 2.24) is 19.2 Å². The van der Waals surface area contributed by atoms with Crippen molar-refractivity contribution in [3.8, 4) is 0 Å². The Morgan fingerprint density at radius 3 is 2.79 bits per heavy atom. The number of hydrogen-bond donors (Lipinski definition) is 0. The first-order valence-electron chi connectivity index (χ1n) is 5.39. The van der Waals surface area contributed by atoms with Crippen LogP contribution in [0.1, 0.15) is 5.69 Å². The van der Waals surface area contributed by atoms with E-state index in [1.54, 1.807) is 25.1 Å². The van der Waals surface area contributed by atoms with Crippen LogP contribution in [0.25, 0.3) is 11.0 Å². The Morgan fingerprint density at radius 2 is 2.16 bits per heavy atom. The minimum atomic E-state index is -0.145. The molecule has 1 saturated heterocycles. The van der Waals surface area contributed by atoms with Crippen molar-refractivity contribution >= 4 is 57.2 Å². The van der Waals surface area contributed by atoms with Gasteiger partial charge in [0, 0.05) is 25.7 Å². The van der Waals surface area contributed by atoms with Crippen molar-refractivity contribution in [1.29, 1.82) is 0 Å². The number of carbonyl (C=O) groups is 1.